The van der Waals surface area contributed by atoms with E-state index in [9.17, 15) is 4.79 Å². The molecule has 0 unspecified atom stereocenters. The maximum Gasteiger partial charge on any atom is 0.237 e. The van der Waals surface area contributed by atoms with Gasteiger partial charge in [-0.1, -0.05) is 0 Å². The van der Waals surface area contributed by atoms with E-state index in [1.54, 1.807) is 0 Å². The van der Waals surface area contributed by atoms with Gasteiger partial charge in [-0.05, 0) is 12.8 Å². The van der Waals surface area contributed by atoms with Crippen LogP contribution in [0.2, 0.25) is 0 Å². The van der Waals surface area contributed by atoms with Crippen LogP contribution in [0.25, 0.3) is 0 Å². The van der Waals surface area contributed by atoms with Gasteiger partial charge in [0, 0.05) is 12.0 Å². The number of rotatable bonds is 1. The van der Waals surface area contributed by atoms with E-state index < -0.39 is 0 Å². The number of hydrogen-bond donors (Lipinski definition) is 3. The fourth-order valence-corrected chi connectivity index (χ4v) is 0.994. The van der Waals surface area contributed by atoms with Crippen LogP contribution in [0.4, 0.5) is 0 Å². The van der Waals surface area contributed by atoms with Gasteiger partial charge in [0.05, 0.1) is 0 Å². The van der Waals surface area contributed by atoms with Crippen molar-refractivity contribution in [1.29, 1.82) is 0 Å². The third-order valence-corrected chi connectivity index (χ3v) is 1.69. The van der Waals surface area contributed by atoms with Crippen LogP contribution < -0.4 is 17.0 Å². The molecule has 0 radical (unpaired) electrons. The second-order valence-electron chi connectivity index (χ2n) is 2.44. The highest BCUT2D eigenvalue weighted by molar-refractivity contribution is 5.79. The van der Waals surface area contributed by atoms with Crippen LogP contribution >= 0.6 is 0 Å². The Morgan fingerprint density at radius 3 is 2.44 bits per heavy atom. The first-order chi connectivity index (χ1) is 4.24. The molecule has 52 valence electrons. The lowest BCUT2D eigenvalue weighted by Crippen LogP contribution is -2.46. The summed E-state index contributed by atoms with van der Waals surface area (Å²) in [6.45, 7) is 0. The molecule has 9 heavy (non-hydrogen) atoms. The van der Waals surface area contributed by atoms with Gasteiger partial charge in [0.15, 0.2) is 0 Å². The minimum absolute atomic E-state index is 0.0741. The summed E-state index contributed by atoms with van der Waals surface area (Å²) in [4.78, 5) is 10.6. The first-order valence-electron chi connectivity index (χ1n) is 3.00. The van der Waals surface area contributed by atoms with Crippen LogP contribution in [0.1, 0.15) is 12.8 Å². The fourth-order valence-electron chi connectivity index (χ4n) is 0.994. The molecule has 0 spiro atoms. The van der Waals surface area contributed by atoms with Crippen molar-refractivity contribution in [3.8, 4) is 0 Å². The van der Waals surface area contributed by atoms with Crippen molar-refractivity contribution in [3.05, 3.63) is 0 Å². The SMILES string of the molecule is NNC(=O)C1CC(N)C1. The molecule has 1 amide bonds. The summed E-state index contributed by atoms with van der Waals surface area (Å²) in [7, 11) is 0. The number of carbonyl (C=O) groups excluding carboxylic acids is 1. The molecule has 0 bridgehead atoms. The average molecular weight is 129 g/mol. The largest absolute Gasteiger partial charge is 0.328 e. The summed E-state index contributed by atoms with van der Waals surface area (Å²) in [6, 6.07) is 0.215. The molecular weight excluding hydrogens is 118 g/mol. The van der Waals surface area contributed by atoms with Crippen LogP contribution in [0.3, 0.4) is 0 Å². The van der Waals surface area contributed by atoms with Crippen LogP contribution in [0, 0.1) is 5.92 Å². The van der Waals surface area contributed by atoms with Gasteiger partial charge < -0.3 is 5.73 Å². The number of amides is 1. The van der Waals surface area contributed by atoms with E-state index in [1.165, 1.54) is 0 Å². The molecule has 0 aromatic carbocycles. The zero-order valence-electron chi connectivity index (χ0n) is 5.13. The molecule has 5 N–H and O–H groups in total. The van der Waals surface area contributed by atoms with Crippen molar-refractivity contribution in [2.75, 3.05) is 0 Å². The van der Waals surface area contributed by atoms with Crippen molar-refractivity contribution in [2.24, 2.45) is 17.5 Å². The number of nitrogens with one attached hydrogen (secondary N) is 1. The van der Waals surface area contributed by atoms with Crippen molar-refractivity contribution >= 4 is 5.91 Å². The van der Waals surface area contributed by atoms with Gasteiger partial charge in [0.1, 0.15) is 0 Å². The normalized spacial score (nSPS) is 33.1. The topological polar surface area (TPSA) is 81.1 Å². The molecule has 0 aromatic heterocycles. The molecule has 0 atom stereocenters. The summed E-state index contributed by atoms with van der Waals surface area (Å²) in [5.41, 5.74) is 7.53. The summed E-state index contributed by atoms with van der Waals surface area (Å²) in [6.07, 6.45) is 1.56. The second kappa shape index (κ2) is 2.33. The fraction of sp³-hybridized carbons (Fsp3) is 0.800. The van der Waals surface area contributed by atoms with E-state index in [2.05, 4.69) is 5.43 Å². The highest BCUT2D eigenvalue weighted by Gasteiger charge is 2.31. The zero-order valence-corrected chi connectivity index (χ0v) is 5.13. The van der Waals surface area contributed by atoms with Crippen LogP contribution in [0.15, 0.2) is 0 Å². The molecule has 0 aromatic rings. The Morgan fingerprint density at radius 2 is 2.11 bits per heavy atom. The number of hydrogen-bond acceptors (Lipinski definition) is 3. The molecule has 0 aliphatic heterocycles. The van der Waals surface area contributed by atoms with Gasteiger partial charge in [0.2, 0.25) is 5.91 Å². The minimum atomic E-state index is -0.0864. The van der Waals surface area contributed by atoms with Gasteiger partial charge in [-0.15, -0.1) is 0 Å². The molecular formula is C5H11N3O. The quantitative estimate of drug-likeness (QED) is 0.234. The van der Waals surface area contributed by atoms with E-state index >= 15 is 0 Å². The Kier molecular flexibility index (Phi) is 1.68. The number of nitrogens with two attached hydrogens (primary N) is 2. The Morgan fingerprint density at radius 1 is 1.56 bits per heavy atom. The van der Waals surface area contributed by atoms with Gasteiger partial charge in [-0.25, -0.2) is 5.84 Å². The van der Waals surface area contributed by atoms with Crippen molar-refractivity contribution < 1.29 is 4.79 Å². The van der Waals surface area contributed by atoms with Crippen molar-refractivity contribution in [2.45, 2.75) is 18.9 Å². The molecule has 1 aliphatic carbocycles. The van der Waals surface area contributed by atoms with Crippen LogP contribution in [0.5, 0.6) is 0 Å². The summed E-state index contributed by atoms with van der Waals surface area (Å²) in [5, 5.41) is 0. The third-order valence-electron chi connectivity index (χ3n) is 1.69. The summed E-state index contributed by atoms with van der Waals surface area (Å²) < 4.78 is 0. The molecule has 1 saturated carbocycles. The van der Waals surface area contributed by atoms with Gasteiger partial charge >= 0.3 is 0 Å². The predicted molar refractivity (Wildman–Crippen MR) is 33.0 cm³/mol. The van der Waals surface area contributed by atoms with Gasteiger partial charge in [-0.2, -0.15) is 0 Å². The van der Waals surface area contributed by atoms with E-state index in [1.807, 2.05) is 0 Å². The van der Waals surface area contributed by atoms with Crippen molar-refractivity contribution in [3.63, 3.8) is 0 Å². The Hall–Kier alpha value is -0.610. The Bertz CT molecular complexity index is 119. The minimum Gasteiger partial charge on any atom is -0.328 e. The Labute approximate surface area is 53.6 Å². The van der Waals surface area contributed by atoms with E-state index in [0.29, 0.717) is 0 Å². The lowest BCUT2D eigenvalue weighted by molar-refractivity contribution is -0.127. The summed E-state index contributed by atoms with van der Waals surface area (Å²) >= 11 is 0. The lowest BCUT2D eigenvalue weighted by atomic mass is 9.80. The van der Waals surface area contributed by atoms with Crippen LogP contribution in [-0.2, 0) is 4.79 Å². The lowest BCUT2D eigenvalue weighted by Gasteiger charge is -2.30. The highest BCUT2D eigenvalue weighted by Crippen LogP contribution is 2.24. The smallest absolute Gasteiger partial charge is 0.237 e. The number of hydrazine groups is 1. The second-order valence-corrected chi connectivity index (χ2v) is 2.44. The number of carbonyl (C=O) groups is 1. The molecule has 0 heterocycles. The molecule has 1 fully saturated rings. The van der Waals surface area contributed by atoms with E-state index in [0.717, 1.165) is 12.8 Å². The van der Waals surface area contributed by atoms with Gasteiger partial charge in [0.25, 0.3) is 0 Å². The molecule has 1 aliphatic rings. The predicted octanol–water partition coefficient (Wildman–Crippen LogP) is -1.29. The standard InChI is InChI=1S/C5H11N3O/c6-4-1-3(2-4)5(9)8-7/h3-4H,1-2,6-7H2,(H,8,9). The van der Waals surface area contributed by atoms with E-state index in [4.69, 9.17) is 11.6 Å². The molecule has 1 rings (SSSR count). The molecule has 4 heteroatoms. The Balaban J connectivity index is 2.23. The zero-order chi connectivity index (χ0) is 6.85. The average Bonchev–Trinajstić information content (AvgIpc) is 1.79. The van der Waals surface area contributed by atoms with Crippen molar-refractivity contribution in [1.82, 2.24) is 5.43 Å². The first kappa shape index (κ1) is 6.51. The monoisotopic (exact) mass is 129 g/mol. The maximum absolute atomic E-state index is 10.6. The maximum atomic E-state index is 10.6. The molecule has 4 nitrogen and oxygen atoms in total. The van der Waals surface area contributed by atoms with E-state index in [-0.39, 0.29) is 17.9 Å². The summed E-state index contributed by atoms with van der Waals surface area (Å²) in [5.74, 6) is 4.88. The van der Waals surface area contributed by atoms with Crippen LogP contribution in [-0.4, -0.2) is 11.9 Å². The van der Waals surface area contributed by atoms with Gasteiger partial charge in [-0.3, -0.25) is 10.2 Å². The first-order valence-corrected chi connectivity index (χ1v) is 3.00. The highest BCUT2D eigenvalue weighted by atomic mass is 16.2. The molecule has 0 saturated heterocycles. The third kappa shape index (κ3) is 1.20.